The number of hydrogen-bond acceptors (Lipinski definition) is 2. The van der Waals surface area contributed by atoms with Crippen molar-refractivity contribution < 1.29 is 9.59 Å². The average molecular weight is 198 g/mol. The van der Waals surface area contributed by atoms with Crippen LogP contribution in [0.15, 0.2) is 0 Å². The normalized spacial score (nSPS) is 21.4. The molecule has 14 heavy (non-hydrogen) atoms. The molecule has 0 aromatic heterocycles. The molecule has 0 saturated carbocycles. The molecule has 1 aliphatic rings. The van der Waals surface area contributed by atoms with Crippen molar-refractivity contribution in [3.63, 3.8) is 0 Å². The first-order valence-corrected chi connectivity index (χ1v) is 5.14. The van der Waals surface area contributed by atoms with E-state index < -0.39 is 0 Å². The molecular formula is C10H18N2O2. The van der Waals surface area contributed by atoms with Crippen molar-refractivity contribution in [2.24, 2.45) is 5.92 Å². The molecule has 2 amide bonds. The van der Waals surface area contributed by atoms with Crippen molar-refractivity contribution in [3.8, 4) is 0 Å². The van der Waals surface area contributed by atoms with Crippen LogP contribution in [0.1, 0.15) is 26.2 Å². The van der Waals surface area contributed by atoms with Gasteiger partial charge in [-0.1, -0.05) is 6.92 Å². The van der Waals surface area contributed by atoms with Crippen molar-refractivity contribution in [2.45, 2.75) is 26.2 Å². The first-order chi connectivity index (χ1) is 6.63. The largest absolute Gasteiger partial charge is 0.356 e. The minimum absolute atomic E-state index is 0.0921. The molecule has 1 fully saturated rings. The van der Waals surface area contributed by atoms with E-state index in [0.717, 1.165) is 13.0 Å². The van der Waals surface area contributed by atoms with E-state index in [0.29, 0.717) is 25.3 Å². The Bertz CT molecular complexity index is 228. The van der Waals surface area contributed by atoms with E-state index in [9.17, 15) is 9.59 Å². The van der Waals surface area contributed by atoms with Crippen molar-refractivity contribution in [1.29, 1.82) is 0 Å². The molecule has 1 atom stereocenters. The third-order valence-electron chi connectivity index (χ3n) is 2.49. The van der Waals surface area contributed by atoms with Gasteiger partial charge < -0.3 is 10.2 Å². The molecule has 1 N–H and O–H groups in total. The SMILES string of the molecule is CCCC(=O)NCC1CC(=O)N(C)C1. The zero-order chi connectivity index (χ0) is 10.6. The van der Waals surface area contributed by atoms with Gasteiger partial charge in [0.25, 0.3) is 0 Å². The summed E-state index contributed by atoms with van der Waals surface area (Å²) in [6.07, 6.45) is 2.02. The maximum absolute atomic E-state index is 11.2. The molecule has 4 heteroatoms. The third-order valence-corrected chi connectivity index (χ3v) is 2.49. The van der Waals surface area contributed by atoms with Crippen LogP contribution in [0.3, 0.4) is 0 Å². The summed E-state index contributed by atoms with van der Waals surface area (Å²) in [4.78, 5) is 24.0. The Labute approximate surface area is 84.7 Å². The van der Waals surface area contributed by atoms with E-state index in [1.165, 1.54) is 0 Å². The second kappa shape index (κ2) is 4.98. The summed E-state index contributed by atoms with van der Waals surface area (Å²) in [6, 6.07) is 0. The van der Waals surface area contributed by atoms with Crippen molar-refractivity contribution >= 4 is 11.8 Å². The fourth-order valence-corrected chi connectivity index (χ4v) is 1.67. The van der Waals surface area contributed by atoms with Crippen LogP contribution in [-0.4, -0.2) is 36.9 Å². The van der Waals surface area contributed by atoms with Crippen LogP contribution in [0.4, 0.5) is 0 Å². The van der Waals surface area contributed by atoms with Gasteiger partial charge in [0.1, 0.15) is 0 Å². The van der Waals surface area contributed by atoms with Crippen molar-refractivity contribution in [2.75, 3.05) is 20.1 Å². The molecule has 0 aromatic carbocycles. The number of carbonyl (C=O) groups excluding carboxylic acids is 2. The molecule has 0 aromatic rings. The van der Waals surface area contributed by atoms with Gasteiger partial charge in [-0.25, -0.2) is 0 Å². The van der Waals surface area contributed by atoms with Crippen LogP contribution in [0.5, 0.6) is 0 Å². The van der Waals surface area contributed by atoms with Crippen molar-refractivity contribution in [3.05, 3.63) is 0 Å². The number of nitrogens with one attached hydrogen (secondary N) is 1. The Kier molecular flexibility index (Phi) is 3.92. The van der Waals surface area contributed by atoms with Crippen LogP contribution >= 0.6 is 0 Å². The molecule has 0 radical (unpaired) electrons. The number of carbonyl (C=O) groups is 2. The highest BCUT2D eigenvalue weighted by Gasteiger charge is 2.26. The molecule has 1 heterocycles. The summed E-state index contributed by atoms with van der Waals surface area (Å²) in [5.41, 5.74) is 0. The molecule has 1 saturated heterocycles. The Hall–Kier alpha value is -1.06. The average Bonchev–Trinajstić information content (AvgIpc) is 2.44. The van der Waals surface area contributed by atoms with Gasteiger partial charge in [0.2, 0.25) is 11.8 Å². The van der Waals surface area contributed by atoms with Crippen LogP contribution in [0.2, 0.25) is 0 Å². The lowest BCUT2D eigenvalue weighted by atomic mass is 10.1. The Morgan fingerprint density at radius 3 is 2.86 bits per heavy atom. The molecule has 4 nitrogen and oxygen atoms in total. The first-order valence-electron chi connectivity index (χ1n) is 5.14. The van der Waals surface area contributed by atoms with E-state index in [1.54, 1.807) is 11.9 Å². The third kappa shape index (κ3) is 3.01. The zero-order valence-corrected chi connectivity index (χ0v) is 8.88. The Balaban J connectivity index is 2.20. The van der Waals surface area contributed by atoms with E-state index >= 15 is 0 Å². The van der Waals surface area contributed by atoms with Gasteiger partial charge in [0, 0.05) is 38.9 Å². The van der Waals surface area contributed by atoms with E-state index in [4.69, 9.17) is 0 Å². The van der Waals surface area contributed by atoms with E-state index in [2.05, 4.69) is 5.32 Å². The maximum Gasteiger partial charge on any atom is 0.222 e. The first kappa shape index (κ1) is 11.0. The predicted octanol–water partition coefficient (Wildman–Crippen LogP) is 0.381. The number of nitrogens with zero attached hydrogens (tertiary/aromatic N) is 1. The number of hydrogen-bond donors (Lipinski definition) is 1. The molecule has 1 unspecified atom stereocenters. The van der Waals surface area contributed by atoms with Crippen LogP contribution in [-0.2, 0) is 9.59 Å². The lowest BCUT2D eigenvalue weighted by molar-refractivity contribution is -0.126. The van der Waals surface area contributed by atoms with Gasteiger partial charge in [-0.05, 0) is 6.42 Å². The summed E-state index contributed by atoms with van der Waals surface area (Å²) in [5.74, 6) is 0.572. The van der Waals surface area contributed by atoms with Gasteiger partial charge in [-0.3, -0.25) is 9.59 Å². The minimum Gasteiger partial charge on any atom is -0.356 e. The van der Waals surface area contributed by atoms with Crippen LogP contribution < -0.4 is 5.32 Å². The van der Waals surface area contributed by atoms with E-state index in [-0.39, 0.29) is 11.8 Å². The number of likely N-dealkylation sites (tertiary alicyclic amines) is 1. The molecule has 1 aliphatic heterocycles. The van der Waals surface area contributed by atoms with Crippen LogP contribution in [0, 0.1) is 5.92 Å². The smallest absolute Gasteiger partial charge is 0.222 e. The number of rotatable bonds is 4. The lowest BCUT2D eigenvalue weighted by Gasteiger charge is -2.10. The Morgan fingerprint density at radius 1 is 1.64 bits per heavy atom. The molecule has 0 bridgehead atoms. The highest BCUT2D eigenvalue weighted by atomic mass is 16.2. The summed E-state index contributed by atoms with van der Waals surface area (Å²) >= 11 is 0. The van der Waals surface area contributed by atoms with Gasteiger partial charge in [-0.2, -0.15) is 0 Å². The summed E-state index contributed by atoms with van der Waals surface area (Å²) in [5, 5.41) is 2.85. The zero-order valence-electron chi connectivity index (χ0n) is 8.88. The summed E-state index contributed by atoms with van der Waals surface area (Å²) < 4.78 is 0. The van der Waals surface area contributed by atoms with Crippen molar-refractivity contribution in [1.82, 2.24) is 10.2 Å². The van der Waals surface area contributed by atoms with Gasteiger partial charge in [0.15, 0.2) is 0 Å². The standard InChI is InChI=1S/C10H18N2O2/c1-3-4-9(13)11-6-8-5-10(14)12(2)7-8/h8H,3-7H2,1-2H3,(H,11,13). The fourth-order valence-electron chi connectivity index (χ4n) is 1.67. The monoisotopic (exact) mass is 198 g/mol. The molecule has 0 aliphatic carbocycles. The summed E-state index contributed by atoms with van der Waals surface area (Å²) in [7, 11) is 1.80. The molecule has 80 valence electrons. The highest BCUT2D eigenvalue weighted by molar-refractivity contribution is 5.79. The second-order valence-electron chi connectivity index (χ2n) is 3.90. The van der Waals surface area contributed by atoms with Gasteiger partial charge in [-0.15, -0.1) is 0 Å². The topological polar surface area (TPSA) is 49.4 Å². The molecular weight excluding hydrogens is 180 g/mol. The number of amides is 2. The van der Waals surface area contributed by atoms with Gasteiger partial charge in [0.05, 0.1) is 0 Å². The summed E-state index contributed by atoms with van der Waals surface area (Å²) in [6.45, 7) is 3.38. The Morgan fingerprint density at radius 2 is 2.36 bits per heavy atom. The van der Waals surface area contributed by atoms with Gasteiger partial charge >= 0.3 is 0 Å². The maximum atomic E-state index is 11.2. The highest BCUT2D eigenvalue weighted by Crippen LogP contribution is 2.14. The molecule has 0 spiro atoms. The predicted molar refractivity (Wildman–Crippen MR) is 53.7 cm³/mol. The fraction of sp³-hybridized carbons (Fsp3) is 0.800. The second-order valence-corrected chi connectivity index (χ2v) is 3.90. The minimum atomic E-state index is 0.0921. The van der Waals surface area contributed by atoms with E-state index in [1.807, 2.05) is 6.92 Å². The quantitative estimate of drug-likeness (QED) is 0.710. The molecule has 1 rings (SSSR count). The lowest BCUT2D eigenvalue weighted by Crippen LogP contribution is -2.30. The van der Waals surface area contributed by atoms with Crippen LogP contribution in [0.25, 0.3) is 0 Å².